The molecule has 2 amide bonds. The van der Waals surface area contributed by atoms with Crippen LogP contribution in [0, 0.1) is 0 Å². The highest BCUT2D eigenvalue weighted by Crippen LogP contribution is 2.39. The van der Waals surface area contributed by atoms with Gasteiger partial charge in [0.25, 0.3) is 5.91 Å². The molecule has 1 N–H and O–H groups in total. The Morgan fingerprint density at radius 2 is 1.88 bits per heavy atom. The van der Waals surface area contributed by atoms with Gasteiger partial charge in [0, 0.05) is 36.3 Å². The molecule has 0 atom stereocenters. The molecule has 178 valence electrons. The second-order valence-corrected chi connectivity index (χ2v) is 9.95. The Balaban J connectivity index is 1.82. The summed E-state index contributed by atoms with van der Waals surface area (Å²) in [5, 5.41) is 3.75. The second-order valence-electron chi connectivity index (χ2n) is 9.11. The predicted molar refractivity (Wildman–Crippen MR) is 128 cm³/mol. The first-order chi connectivity index (χ1) is 15.5. The first kappa shape index (κ1) is 25.1. The van der Waals surface area contributed by atoms with Crippen LogP contribution >= 0.6 is 23.2 Å². The van der Waals surface area contributed by atoms with Crippen molar-refractivity contribution in [2.45, 2.75) is 44.6 Å². The van der Waals surface area contributed by atoms with Crippen molar-refractivity contribution in [1.82, 2.24) is 15.2 Å². The minimum absolute atomic E-state index is 0.282. The van der Waals surface area contributed by atoms with E-state index in [0.29, 0.717) is 48.8 Å². The fourth-order valence-electron chi connectivity index (χ4n) is 3.91. The molecule has 2 heterocycles. The first-order valence-corrected chi connectivity index (χ1v) is 11.5. The zero-order valence-corrected chi connectivity index (χ0v) is 20.8. The van der Waals surface area contributed by atoms with Crippen LogP contribution in [0.15, 0.2) is 36.5 Å². The second kappa shape index (κ2) is 10.2. The Labute approximate surface area is 204 Å². The van der Waals surface area contributed by atoms with Crippen molar-refractivity contribution in [3.8, 4) is 5.75 Å². The number of likely N-dealkylation sites (tertiary alicyclic amines) is 1. The van der Waals surface area contributed by atoms with Gasteiger partial charge in [-0.3, -0.25) is 9.78 Å². The lowest BCUT2D eigenvalue weighted by Crippen LogP contribution is -2.51. The summed E-state index contributed by atoms with van der Waals surface area (Å²) in [6.45, 7) is 6.76. The van der Waals surface area contributed by atoms with Crippen molar-refractivity contribution in [1.29, 1.82) is 0 Å². The van der Waals surface area contributed by atoms with Gasteiger partial charge in [-0.1, -0.05) is 23.2 Å². The Morgan fingerprint density at radius 3 is 2.48 bits per heavy atom. The molecule has 0 radical (unpaired) electrons. The highest BCUT2D eigenvalue weighted by molar-refractivity contribution is 6.36. The van der Waals surface area contributed by atoms with E-state index in [1.54, 1.807) is 36.4 Å². The van der Waals surface area contributed by atoms with E-state index >= 15 is 0 Å². The van der Waals surface area contributed by atoms with Gasteiger partial charge in [0.15, 0.2) is 0 Å². The van der Waals surface area contributed by atoms with Gasteiger partial charge in [-0.25, -0.2) is 4.79 Å². The third kappa shape index (κ3) is 6.09. The first-order valence-electron chi connectivity index (χ1n) is 10.8. The molecule has 1 aliphatic heterocycles. The lowest BCUT2D eigenvalue weighted by molar-refractivity contribution is 0.0159. The van der Waals surface area contributed by atoms with Crippen LogP contribution in [0.25, 0.3) is 0 Å². The smallest absolute Gasteiger partial charge is 0.410 e. The fraction of sp³-hybridized carbons (Fsp3) is 0.458. The number of aromatic nitrogens is 1. The number of piperidine rings is 1. The number of methoxy groups -OCH3 is 1. The third-order valence-electron chi connectivity index (χ3n) is 5.63. The van der Waals surface area contributed by atoms with Crippen LogP contribution in [0.4, 0.5) is 4.79 Å². The minimum atomic E-state index is -0.568. The number of nitrogens with one attached hydrogen (secondary N) is 1. The zero-order valence-electron chi connectivity index (χ0n) is 19.3. The van der Waals surface area contributed by atoms with E-state index in [1.165, 1.54) is 6.07 Å². The number of hydrogen-bond acceptors (Lipinski definition) is 5. The molecule has 1 saturated heterocycles. The number of amides is 2. The van der Waals surface area contributed by atoms with E-state index < -0.39 is 11.0 Å². The van der Waals surface area contributed by atoms with Gasteiger partial charge < -0.3 is 19.7 Å². The van der Waals surface area contributed by atoms with Gasteiger partial charge in [-0.2, -0.15) is 0 Å². The van der Waals surface area contributed by atoms with Gasteiger partial charge >= 0.3 is 6.09 Å². The number of ether oxygens (including phenoxy) is 2. The number of carbonyl (C=O) groups is 2. The number of nitrogens with zero attached hydrogens (tertiary/aromatic N) is 2. The summed E-state index contributed by atoms with van der Waals surface area (Å²) in [7, 11) is 1.59. The van der Waals surface area contributed by atoms with Crippen LogP contribution in [0.5, 0.6) is 5.75 Å². The van der Waals surface area contributed by atoms with Crippen LogP contribution in [0.1, 0.15) is 49.7 Å². The molecule has 2 aromatic rings. The van der Waals surface area contributed by atoms with Crippen molar-refractivity contribution in [2.75, 3.05) is 26.7 Å². The van der Waals surface area contributed by atoms with Gasteiger partial charge in [0.1, 0.15) is 11.4 Å². The van der Waals surface area contributed by atoms with Gasteiger partial charge in [0.05, 0.1) is 23.4 Å². The minimum Gasteiger partial charge on any atom is -0.495 e. The molecular weight excluding hydrogens is 465 g/mol. The summed E-state index contributed by atoms with van der Waals surface area (Å²) >= 11 is 12.2. The summed E-state index contributed by atoms with van der Waals surface area (Å²) in [4.78, 5) is 31.8. The van der Waals surface area contributed by atoms with Crippen LogP contribution in [-0.2, 0) is 10.2 Å². The molecule has 0 saturated carbocycles. The maximum atomic E-state index is 12.9. The molecule has 3 rings (SSSR count). The van der Waals surface area contributed by atoms with Crippen molar-refractivity contribution in [3.05, 3.63) is 57.8 Å². The van der Waals surface area contributed by atoms with E-state index in [9.17, 15) is 9.59 Å². The number of rotatable bonds is 5. The number of hydrogen-bond donors (Lipinski definition) is 1. The van der Waals surface area contributed by atoms with Crippen molar-refractivity contribution >= 4 is 35.2 Å². The number of halogens is 2. The largest absolute Gasteiger partial charge is 0.495 e. The molecule has 1 fully saturated rings. The topological polar surface area (TPSA) is 80.8 Å². The lowest BCUT2D eigenvalue weighted by Gasteiger charge is -2.42. The molecule has 0 spiro atoms. The van der Waals surface area contributed by atoms with Crippen molar-refractivity contribution in [2.24, 2.45) is 0 Å². The van der Waals surface area contributed by atoms with E-state index in [0.717, 1.165) is 5.69 Å². The van der Waals surface area contributed by atoms with E-state index in [1.807, 2.05) is 26.8 Å². The highest BCUT2D eigenvalue weighted by atomic mass is 35.5. The Morgan fingerprint density at radius 1 is 1.18 bits per heavy atom. The normalized spacial score (nSPS) is 15.6. The zero-order chi connectivity index (χ0) is 24.2. The molecule has 0 unspecified atom stereocenters. The van der Waals surface area contributed by atoms with Crippen molar-refractivity contribution in [3.63, 3.8) is 0 Å². The fourth-order valence-corrected chi connectivity index (χ4v) is 4.41. The lowest BCUT2D eigenvalue weighted by atomic mass is 9.74. The Kier molecular flexibility index (Phi) is 7.75. The molecule has 1 aromatic carbocycles. The maximum absolute atomic E-state index is 12.9. The molecule has 7 nitrogen and oxygen atoms in total. The van der Waals surface area contributed by atoms with Gasteiger partial charge in [0.2, 0.25) is 0 Å². The van der Waals surface area contributed by atoms with E-state index in [-0.39, 0.29) is 17.0 Å². The van der Waals surface area contributed by atoms with E-state index in [4.69, 9.17) is 32.7 Å². The average molecular weight is 494 g/mol. The summed E-state index contributed by atoms with van der Waals surface area (Å²) in [5.41, 5.74) is -0.00402. The third-order valence-corrected chi connectivity index (χ3v) is 6.18. The molecule has 1 aliphatic rings. The molecule has 0 bridgehead atoms. The Hall–Kier alpha value is -2.51. The predicted octanol–water partition coefficient (Wildman–Crippen LogP) is 5.10. The molecule has 33 heavy (non-hydrogen) atoms. The summed E-state index contributed by atoms with van der Waals surface area (Å²) in [6, 6.07) is 8.41. The van der Waals surface area contributed by atoms with Crippen molar-refractivity contribution < 1.29 is 19.1 Å². The van der Waals surface area contributed by atoms with Gasteiger partial charge in [-0.15, -0.1) is 0 Å². The van der Waals surface area contributed by atoms with Crippen LogP contribution in [-0.4, -0.2) is 54.2 Å². The number of pyridine rings is 1. The SMILES string of the molecule is COc1cccnc1C1(CNC(=O)c2ccc(Cl)cc2Cl)CCN(C(=O)OC(C)(C)C)CC1. The van der Waals surface area contributed by atoms with Crippen LogP contribution < -0.4 is 10.1 Å². The maximum Gasteiger partial charge on any atom is 0.410 e. The molecule has 9 heteroatoms. The summed E-state index contributed by atoms with van der Waals surface area (Å²) in [6.07, 6.45) is 2.52. The van der Waals surface area contributed by atoms with Gasteiger partial charge in [-0.05, 0) is 63.9 Å². The van der Waals surface area contributed by atoms with Crippen LogP contribution in [0.2, 0.25) is 10.0 Å². The highest BCUT2D eigenvalue weighted by Gasteiger charge is 2.41. The molecule has 0 aliphatic carbocycles. The monoisotopic (exact) mass is 493 g/mol. The molecular formula is C24H29Cl2N3O4. The summed E-state index contributed by atoms with van der Waals surface area (Å²) < 4.78 is 11.1. The standard InChI is InChI=1S/C24H29Cl2N3O4/c1-23(2,3)33-22(31)29-12-9-24(10-13-29,20-19(32-4)6-5-11-27-20)15-28-21(30)17-8-7-16(25)14-18(17)26/h5-8,11,14H,9-10,12-13,15H2,1-4H3,(H,28,30). The van der Waals surface area contributed by atoms with E-state index in [2.05, 4.69) is 10.3 Å². The number of carbonyl (C=O) groups excluding carboxylic acids is 2. The van der Waals surface area contributed by atoms with Crippen LogP contribution in [0.3, 0.4) is 0 Å². The quantitative estimate of drug-likeness (QED) is 0.626. The number of benzene rings is 1. The summed E-state index contributed by atoms with van der Waals surface area (Å²) in [5.74, 6) is 0.336. The average Bonchev–Trinajstić information content (AvgIpc) is 2.76. The Bertz CT molecular complexity index is 1020. The molecule has 1 aromatic heterocycles.